The Morgan fingerprint density at radius 1 is 1.15 bits per heavy atom. The first-order valence-corrected chi connectivity index (χ1v) is 10.1. The first-order chi connectivity index (χ1) is 12.3. The number of nitrogens with one attached hydrogen (secondary N) is 1. The molecule has 1 aromatic rings. The van der Waals surface area contributed by atoms with E-state index >= 15 is 0 Å². The monoisotopic (exact) mass is 379 g/mol. The summed E-state index contributed by atoms with van der Waals surface area (Å²) in [5.74, 6) is 1.30. The van der Waals surface area contributed by atoms with Gasteiger partial charge in [0.1, 0.15) is 5.82 Å². The Bertz CT molecular complexity index is 687. The van der Waals surface area contributed by atoms with Crippen molar-refractivity contribution >= 4 is 17.4 Å². The summed E-state index contributed by atoms with van der Waals surface area (Å²) >= 11 is 6.22. The molecule has 0 aromatic carbocycles. The highest BCUT2D eigenvalue weighted by Crippen LogP contribution is 2.63. The number of halogens is 1. The van der Waals surface area contributed by atoms with Gasteiger partial charge in [-0.2, -0.15) is 0 Å². The number of methoxy groups -OCH3 is 2. The number of fused-ring (bicyclic) bond motifs is 1. The summed E-state index contributed by atoms with van der Waals surface area (Å²) in [4.78, 5) is 9.06. The van der Waals surface area contributed by atoms with Gasteiger partial charge in [-0.15, -0.1) is 0 Å². The van der Waals surface area contributed by atoms with Crippen LogP contribution < -0.4 is 5.32 Å². The SMILES string of the molecule is COC1(OC)CC2(CC(CNc3nc(Cl)nc4c3CCCC4(C)C)C2)C1. The number of rotatable bonds is 5. The van der Waals surface area contributed by atoms with Crippen molar-refractivity contribution in [3.05, 3.63) is 16.5 Å². The van der Waals surface area contributed by atoms with Crippen molar-refractivity contribution in [1.82, 2.24) is 9.97 Å². The van der Waals surface area contributed by atoms with Gasteiger partial charge >= 0.3 is 0 Å². The molecule has 0 saturated heterocycles. The van der Waals surface area contributed by atoms with Gasteiger partial charge in [0.05, 0.1) is 5.69 Å². The van der Waals surface area contributed by atoms with E-state index in [9.17, 15) is 0 Å². The van der Waals surface area contributed by atoms with Gasteiger partial charge < -0.3 is 14.8 Å². The molecule has 0 amide bonds. The number of hydrogen-bond donors (Lipinski definition) is 1. The van der Waals surface area contributed by atoms with E-state index in [1.54, 1.807) is 14.2 Å². The van der Waals surface area contributed by atoms with Gasteiger partial charge in [0, 0.05) is 44.6 Å². The van der Waals surface area contributed by atoms with Gasteiger partial charge in [0.15, 0.2) is 5.79 Å². The molecule has 5 nitrogen and oxygen atoms in total. The highest BCUT2D eigenvalue weighted by Gasteiger charge is 2.61. The molecule has 0 atom stereocenters. The lowest BCUT2D eigenvalue weighted by Crippen LogP contribution is -2.60. The van der Waals surface area contributed by atoms with Crippen molar-refractivity contribution in [3.8, 4) is 0 Å². The molecular formula is C20H30ClN3O2. The Morgan fingerprint density at radius 2 is 1.85 bits per heavy atom. The maximum absolute atomic E-state index is 6.22. The minimum atomic E-state index is -0.330. The Labute approximate surface area is 161 Å². The first-order valence-electron chi connectivity index (χ1n) is 9.71. The van der Waals surface area contributed by atoms with Crippen molar-refractivity contribution < 1.29 is 9.47 Å². The maximum Gasteiger partial charge on any atom is 0.224 e. The lowest BCUT2D eigenvalue weighted by molar-refractivity contribution is -0.317. The van der Waals surface area contributed by atoms with Crippen LogP contribution in [0, 0.1) is 11.3 Å². The molecule has 0 radical (unpaired) electrons. The van der Waals surface area contributed by atoms with Crippen LogP contribution in [0.5, 0.6) is 0 Å². The summed E-state index contributed by atoms with van der Waals surface area (Å²) in [5, 5.41) is 3.95. The van der Waals surface area contributed by atoms with Gasteiger partial charge in [-0.05, 0) is 55.0 Å². The molecule has 1 spiro atoms. The predicted molar refractivity (Wildman–Crippen MR) is 103 cm³/mol. The smallest absolute Gasteiger partial charge is 0.224 e. The Hall–Kier alpha value is -0.910. The van der Waals surface area contributed by atoms with Crippen LogP contribution in [0.1, 0.15) is 63.6 Å². The second-order valence-electron chi connectivity index (χ2n) is 9.23. The average Bonchev–Trinajstić information content (AvgIpc) is 2.53. The zero-order valence-electron chi connectivity index (χ0n) is 16.3. The minimum Gasteiger partial charge on any atom is -0.369 e. The molecule has 1 heterocycles. The second kappa shape index (κ2) is 6.32. The normalized spacial score (nSPS) is 25.3. The minimum absolute atomic E-state index is 0.0761. The van der Waals surface area contributed by atoms with Gasteiger partial charge in [0.2, 0.25) is 5.28 Å². The average molecular weight is 380 g/mol. The van der Waals surface area contributed by atoms with Crippen LogP contribution in [0.25, 0.3) is 0 Å². The van der Waals surface area contributed by atoms with Crippen molar-refractivity contribution in [3.63, 3.8) is 0 Å². The summed E-state index contributed by atoms with van der Waals surface area (Å²) in [7, 11) is 3.50. The molecular weight excluding hydrogens is 350 g/mol. The number of ether oxygens (including phenoxy) is 2. The summed E-state index contributed by atoms with van der Waals surface area (Å²) in [6.07, 6.45) is 7.89. The molecule has 0 aliphatic heterocycles. The van der Waals surface area contributed by atoms with E-state index in [1.807, 2.05) is 0 Å². The van der Waals surface area contributed by atoms with E-state index in [0.29, 0.717) is 16.6 Å². The quantitative estimate of drug-likeness (QED) is 0.609. The zero-order chi connectivity index (χ0) is 18.6. The second-order valence-corrected chi connectivity index (χ2v) is 9.57. The summed E-state index contributed by atoms with van der Waals surface area (Å²) in [6.45, 7) is 5.46. The van der Waals surface area contributed by atoms with Crippen molar-refractivity contribution in [2.75, 3.05) is 26.1 Å². The predicted octanol–water partition coefficient (Wildman–Crippen LogP) is 4.34. The van der Waals surface area contributed by atoms with Gasteiger partial charge in [-0.3, -0.25) is 0 Å². The largest absolute Gasteiger partial charge is 0.369 e. The molecule has 2 saturated carbocycles. The Balaban J connectivity index is 1.38. The fraction of sp³-hybridized carbons (Fsp3) is 0.800. The molecule has 0 unspecified atom stereocenters. The van der Waals surface area contributed by atoms with Crippen LogP contribution in [-0.4, -0.2) is 36.5 Å². The van der Waals surface area contributed by atoms with Gasteiger partial charge in [0.25, 0.3) is 0 Å². The van der Waals surface area contributed by atoms with E-state index in [2.05, 4.69) is 29.1 Å². The Kier molecular flexibility index (Phi) is 4.48. The molecule has 144 valence electrons. The first kappa shape index (κ1) is 18.5. The fourth-order valence-corrected chi connectivity index (χ4v) is 5.70. The fourth-order valence-electron chi connectivity index (χ4n) is 5.53. The lowest BCUT2D eigenvalue weighted by atomic mass is 9.49. The number of aromatic nitrogens is 2. The van der Waals surface area contributed by atoms with Gasteiger partial charge in [-0.25, -0.2) is 9.97 Å². The number of hydrogen-bond acceptors (Lipinski definition) is 5. The van der Waals surface area contributed by atoms with Crippen LogP contribution >= 0.6 is 11.6 Å². The molecule has 1 aromatic heterocycles. The molecule has 3 aliphatic carbocycles. The highest BCUT2D eigenvalue weighted by molar-refractivity contribution is 6.28. The highest BCUT2D eigenvalue weighted by atomic mass is 35.5. The van der Waals surface area contributed by atoms with Crippen molar-refractivity contribution in [2.24, 2.45) is 11.3 Å². The standard InChI is InChI=1S/C20H30ClN3O2/c1-18(2)7-5-6-14-15(18)23-17(21)24-16(14)22-10-13-8-19(9-13)11-20(12-19,25-3)26-4/h13H,5-12H2,1-4H3,(H,22,23,24). The molecule has 0 bridgehead atoms. The summed E-state index contributed by atoms with van der Waals surface area (Å²) in [6, 6.07) is 0. The summed E-state index contributed by atoms with van der Waals surface area (Å²) < 4.78 is 11.1. The molecule has 3 aliphatic rings. The van der Waals surface area contributed by atoms with Crippen molar-refractivity contribution in [1.29, 1.82) is 0 Å². The van der Waals surface area contributed by atoms with E-state index in [0.717, 1.165) is 43.7 Å². The third-order valence-corrected chi connectivity index (χ3v) is 7.05. The van der Waals surface area contributed by atoms with E-state index in [4.69, 9.17) is 21.1 Å². The van der Waals surface area contributed by atoms with Crippen LogP contribution in [0.3, 0.4) is 0 Å². The molecule has 4 rings (SSSR count). The van der Waals surface area contributed by atoms with E-state index < -0.39 is 0 Å². The van der Waals surface area contributed by atoms with Gasteiger partial charge in [-0.1, -0.05) is 13.8 Å². The van der Waals surface area contributed by atoms with E-state index in [1.165, 1.54) is 24.8 Å². The van der Waals surface area contributed by atoms with Crippen LogP contribution in [-0.2, 0) is 21.3 Å². The molecule has 2 fully saturated rings. The number of anilines is 1. The zero-order valence-corrected chi connectivity index (χ0v) is 17.1. The van der Waals surface area contributed by atoms with Crippen molar-refractivity contribution in [2.45, 2.75) is 70.0 Å². The van der Waals surface area contributed by atoms with E-state index in [-0.39, 0.29) is 11.2 Å². The van der Waals surface area contributed by atoms with Crippen LogP contribution in [0.15, 0.2) is 0 Å². The Morgan fingerprint density at radius 3 is 2.50 bits per heavy atom. The third kappa shape index (κ3) is 3.02. The molecule has 26 heavy (non-hydrogen) atoms. The summed E-state index contributed by atoms with van der Waals surface area (Å²) in [5.41, 5.74) is 2.90. The molecule has 6 heteroatoms. The third-order valence-electron chi connectivity index (χ3n) is 6.88. The lowest BCUT2D eigenvalue weighted by Gasteiger charge is -2.61. The van der Waals surface area contributed by atoms with Crippen LogP contribution in [0.4, 0.5) is 5.82 Å². The maximum atomic E-state index is 6.22. The topological polar surface area (TPSA) is 56.3 Å². The van der Waals surface area contributed by atoms with Crippen LogP contribution in [0.2, 0.25) is 5.28 Å². The number of nitrogens with zero attached hydrogens (tertiary/aromatic N) is 2. The molecule has 1 N–H and O–H groups in total.